The number of primary amides is 1. The second kappa shape index (κ2) is 7.41. The third-order valence-corrected chi connectivity index (χ3v) is 5.36. The lowest BCUT2D eigenvalue weighted by molar-refractivity contribution is -0.126. The Labute approximate surface area is 123 Å². The zero-order chi connectivity index (χ0) is 14.5. The van der Waals surface area contributed by atoms with E-state index in [9.17, 15) is 4.79 Å². The molecule has 0 spiro atoms. The molecule has 1 aliphatic carbocycles. The Balaban J connectivity index is 2.09. The highest BCUT2D eigenvalue weighted by atomic mass is 16.1. The van der Waals surface area contributed by atoms with Crippen LogP contribution in [-0.2, 0) is 4.79 Å². The van der Waals surface area contributed by atoms with Gasteiger partial charge in [-0.2, -0.15) is 0 Å². The number of nitrogens with two attached hydrogens (primary N) is 2. The summed E-state index contributed by atoms with van der Waals surface area (Å²) in [4.78, 5) is 14.2. The Morgan fingerprint density at radius 1 is 1.25 bits per heavy atom. The molecule has 0 aromatic heterocycles. The van der Waals surface area contributed by atoms with Crippen molar-refractivity contribution in [2.45, 2.75) is 70.4 Å². The molecule has 1 aliphatic heterocycles. The second-order valence-corrected chi connectivity index (χ2v) is 6.68. The molecule has 2 rings (SSSR count). The van der Waals surface area contributed by atoms with E-state index in [1.807, 2.05) is 0 Å². The minimum absolute atomic E-state index is 0.0526. The number of rotatable bonds is 5. The van der Waals surface area contributed by atoms with Crippen LogP contribution in [0.15, 0.2) is 0 Å². The Morgan fingerprint density at radius 2 is 2.05 bits per heavy atom. The standard InChI is InChI=1S/C16H31N3O/c1-2-5-12-7-8-13(11-17)15(10-12)19-9-4-3-6-14(19)16(18)20/h12-15H,2-11,17H2,1H3,(H2,18,20). The molecular weight excluding hydrogens is 250 g/mol. The highest BCUT2D eigenvalue weighted by Gasteiger charge is 2.39. The largest absolute Gasteiger partial charge is 0.368 e. The highest BCUT2D eigenvalue weighted by Crippen LogP contribution is 2.36. The van der Waals surface area contributed by atoms with Crippen molar-refractivity contribution in [2.24, 2.45) is 23.3 Å². The van der Waals surface area contributed by atoms with Gasteiger partial charge in [0, 0.05) is 6.04 Å². The molecule has 0 aromatic rings. The minimum atomic E-state index is -0.141. The summed E-state index contributed by atoms with van der Waals surface area (Å²) < 4.78 is 0. The molecule has 0 aromatic carbocycles. The summed E-state index contributed by atoms with van der Waals surface area (Å²) >= 11 is 0. The fourth-order valence-electron chi connectivity index (χ4n) is 4.30. The molecule has 1 saturated heterocycles. The summed E-state index contributed by atoms with van der Waals surface area (Å²) in [5.74, 6) is 1.21. The zero-order valence-electron chi connectivity index (χ0n) is 12.9. The molecule has 1 amide bonds. The Morgan fingerprint density at radius 3 is 2.70 bits per heavy atom. The van der Waals surface area contributed by atoms with Gasteiger partial charge in [-0.25, -0.2) is 0 Å². The number of likely N-dealkylation sites (tertiary alicyclic amines) is 1. The molecule has 1 heterocycles. The van der Waals surface area contributed by atoms with E-state index in [0.717, 1.165) is 31.8 Å². The molecule has 4 atom stereocenters. The van der Waals surface area contributed by atoms with Gasteiger partial charge in [0.1, 0.15) is 0 Å². The summed E-state index contributed by atoms with van der Waals surface area (Å²) in [6.45, 7) is 4.02. The molecule has 2 aliphatic rings. The highest BCUT2D eigenvalue weighted by molar-refractivity contribution is 5.80. The van der Waals surface area contributed by atoms with Crippen molar-refractivity contribution in [2.75, 3.05) is 13.1 Å². The fourth-order valence-corrected chi connectivity index (χ4v) is 4.30. The van der Waals surface area contributed by atoms with Gasteiger partial charge in [-0.05, 0) is 50.6 Å². The summed E-state index contributed by atoms with van der Waals surface area (Å²) in [7, 11) is 0. The maximum Gasteiger partial charge on any atom is 0.234 e. The maximum atomic E-state index is 11.8. The Hall–Kier alpha value is -0.610. The number of carbonyl (C=O) groups is 1. The van der Waals surface area contributed by atoms with E-state index < -0.39 is 0 Å². The number of piperidine rings is 1. The summed E-state index contributed by atoms with van der Waals surface area (Å²) in [5, 5.41) is 0. The third-order valence-electron chi connectivity index (χ3n) is 5.36. The van der Waals surface area contributed by atoms with Gasteiger partial charge in [-0.1, -0.05) is 32.6 Å². The van der Waals surface area contributed by atoms with Crippen molar-refractivity contribution in [1.29, 1.82) is 0 Å². The number of amides is 1. The first kappa shape index (κ1) is 15.8. The van der Waals surface area contributed by atoms with Gasteiger partial charge in [-0.15, -0.1) is 0 Å². The molecule has 2 fully saturated rings. The smallest absolute Gasteiger partial charge is 0.234 e. The molecule has 4 N–H and O–H groups in total. The average Bonchev–Trinajstić information content (AvgIpc) is 2.47. The topological polar surface area (TPSA) is 72.3 Å². The molecule has 4 unspecified atom stereocenters. The molecule has 4 heteroatoms. The van der Waals surface area contributed by atoms with Crippen LogP contribution < -0.4 is 11.5 Å². The van der Waals surface area contributed by atoms with Crippen LogP contribution in [0.5, 0.6) is 0 Å². The van der Waals surface area contributed by atoms with Crippen molar-refractivity contribution < 1.29 is 4.79 Å². The van der Waals surface area contributed by atoms with Gasteiger partial charge in [0.15, 0.2) is 0 Å². The summed E-state index contributed by atoms with van der Waals surface area (Å²) in [5.41, 5.74) is 11.6. The first-order chi connectivity index (χ1) is 9.67. The van der Waals surface area contributed by atoms with Crippen molar-refractivity contribution in [1.82, 2.24) is 4.90 Å². The van der Waals surface area contributed by atoms with Crippen molar-refractivity contribution in [3.63, 3.8) is 0 Å². The molecular formula is C16H31N3O. The normalized spacial score (nSPS) is 35.9. The van der Waals surface area contributed by atoms with Crippen LogP contribution in [0.2, 0.25) is 0 Å². The molecule has 20 heavy (non-hydrogen) atoms. The molecule has 4 nitrogen and oxygen atoms in total. The van der Waals surface area contributed by atoms with E-state index in [4.69, 9.17) is 11.5 Å². The molecule has 1 saturated carbocycles. The predicted octanol–water partition coefficient (Wildman–Crippen LogP) is 1.87. The first-order valence-corrected chi connectivity index (χ1v) is 8.42. The van der Waals surface area contributed by atoms with Crippen LogP contribution in [0.25, 0.3) is 0 Å². The minimum Gasteiger partial charge on any atom is -0.368 e. The van der Waals surface area contributed by atoms with E-state index in [2.05, 4.69) is 11.8 Å². The maximum absolute atomic E-state index is 11.8. The molecule has 116 valence electrons. The lowest BCUT2D eigenvalue weighted by Gasteiger charge is -2.47. The van der Waals surface area contributed by atoms with Gasteiger partial charge < -0.3 is 11.5 Å². The van der Waals surface area contributed by atoms with Crippen LogP contribution in [0.1, 0.15) is 58.3 Å². The lowest BCUT2D eigenvalue weighted by Crippen LogP contribution is -2.56. The Bertz CT molecular complexity index is 321. The average molecular weight is 281 g/mol. The van der Waals surface area contributed by atoms with Crippen LogP contribution in [0.4, 0.5) is 0 Å². The van der Waals surface area contributed by atoms with Crippen LogP contribution in [-0.4, -0.2) is 36.0 Å². The van der Waals surface area contributed by atoms with E-state index in [1.165, 1.54) is 38.5 Å². The number of carbonyl (C=O) groups excluding carboxylic acids is 1. The van der Waals surface area contributed by atoms with Gasteiger partial charge in [0.25, 0.3) is 0 Å². The number of nitrogens with zero attached hydrogens (tertiary/aromatic N) is 1. The van der Waals surface area contributed by atoms with Gasteiger partial charge in [0.05, 0.1) is 6.04 Å². The van der Waals surface area contributed by atoms with Gasteiger partial charge in [-0.3, -0.25) is 9.69 Å². The molecule has 0 radical (unpaired) electrons. The van der Waals surface area contributed by atoms with Crippen molar-refractivity contribution in [3.05, 3.63) is 0 Å². The van der Waals surface area contributed by atoms with Crippen LogP contribution in [0.3, 0.4) is 0 Å². The van der Waals surface area contributed by atoms with E-state index in [-0.39, 0.29) is 11.9 Å². The summed E-state index contributed by atoms with van der Waals surface area (Å²) in [6, 6.07) is 0.422. The summed E-state index contributed by atoms with van der Waals surface area (Å²) in [6.07, 6.45) is 9.54. The predicted molar refractivity (Wildman–Crippen MR) is 82.1 cm³/mol. The van der Waals surface area contributed by atoms with Crippen LogP contribution >= 0.6 is 0 Å². The lowest BCUT2D eigenvalue weighted by atomic mass is 9.75. The number of hydrogen-bond acceptors (Lipinski definition) is 3. The van der Waals surface area contributed by atoms with E-state index in [1.54, 1.807) is 0 Å². The van der Waals surface area contributed by atoms with Gasteiger partial charge >= 0.3 is 0 Å². The van der Waals surface area contributed by atoms with Crippen molar-refractivity contribution >= 4 is 5.91 Å². The fraction of sp³-hybridized carbons (Fsp3) is 0.938. The zero-order valence-corrected chi connectivity index (χ0v) is 12.9. The quantitative estimate of drug-likeness (QED) is 0.808. The molecule has 0 bridgehead atoms. The monoisotopic (exact) mass is 281 g/mol. The Kier molecular flexibility index (Phi) is 5.85. The first-order valence-electron chi connectivity index (χ1n) is 8.42. The van der Waals surface area contributed by atoms with E-state index >= 15 is 0 Å². The van der Waals surface area contributed by atoms with Crippen molar-refractivity contribution in [3.8, 4) is 0 Å². The van der Waals surface area contributed by atoms with E-state index in [0.29, 0.717) is 12.0 Å². The van der Waals surface area contributed by atoms with Crippen LogP contribution in [0, 0.1) is 11.8 Å². The third kappa shape index (κ3) is 3.53. The number of hydrogen-bond donors (Lipinski definition) is 2. The SMILES string of the molecule is CCCC1CCC(CN)C(N2CCCCC2C(N)=O)C1. The van der Waals surface area contributed by atoms with Gasteiger partial charge in [0.2, 0.25) is 5.91 Å². The second-order valence-electron chi connectivity index (χ2n) is 6.68.